The highest BCUT2D eigenvalue weighted by atomic mass is 16.2. The van der Waals surface area contributed by atoms with E-state index >= 15 is 0 Å². The van der Waals surface area contributed by atoms with Crippen molar-refractivity contribution in [3.8, 4) is 5.69 Å². The fourth-order valence-electron chi connectivity index (χ4n) is 3.20. The van der Waals surface area contributed by atoms with Crippen molar-refractivity contribution in [2.45, 2.75) is 40.0 Å². The Kier molecular flexibility index (Phi) is 5.64. The zero-order chi connectivity index (χ0) is 22.1. The first-order chi connectivity index (χ1) is 14.1. The van der Waals surface area contributed by atoms with Gasteiger partial charge < -0.3 is 5.73 Å². The Morgan fingerprint density at radius 3 is 2.40 bits per heavy atom. The van der Waals surface area contributed by atoms with Crippen LogP contribution < -0.4 is 16.7 Å². The number of anilines is 1. The van der Waals surface area contributed by atoms with E-state index in [0.29, 0.717) is 28.2 Å². The van der Waals surface area contributed by atoms with Gasteiger partial charge >= 0.3 is 0 Å². The maximum Gasteiger partial charge on any atom is 0.280 e. The first-order valence-corrected chi connectivity index (χ1v) is 9.71. The zero-order valence-corrected chi connectivity index (χ0v) is 17.9. The molecule has 3 rings (SSSR count). The number of nitrogens with one attached hydrogen (secondary N) is 2. The molecule has 1 aromatic heterocycles. The van der Waals surface area contributed by atoms with Gasteiger partial charge in [-0.05, 0) is 55.2 Å². The van der Waals surface area contributed by atoms with Crippen LogP contribution >= 0.6 is 0 Å². The third-order valence-corrected chi connectivity index (χ3v) is 4.90. The van der Waals surface area contributed by atoms with E-state index in [1.54, 1.807) is 38.1 Å². The summed E-state index contributed by atoms with van der Waals surface area (Å²) in [6.07, 6.45) is 0. The summed E-state index contributed by atoms with van der Waals surface area (Å²) < 4.78 is 1.48. The van der Waals surface area contributed by atoms with Crippen LogP contribution in [-0.4, -0.2) is 21.4 Å². The van der Waals surface area contributed by atoms with E-state index in [4.69, 9.17) is 5.73 Å². The number of benzene rings is 2. The maximum atomic E-state index is 13.0. The Hall–Kier alpha value is -3.61. The van der Waals surface area contributed by atoms with Crippen LogP contribution in [0, 0.1) is 6.92 Å². The van der Waals surface area contributed by atoms with E-state index in [-0.39, 0.29) is 11.0 Å². The molecular formula is C23H27N5O2. The third-order valence-electron chi connectivity index (χ3n) is 4.90. The number of carbonyl (C=O) groups is 1. The van der Waals surface area contributed by atoms with E-state index in [1.807, 2.05) is 24.3 Å². The predicted molar refractivity (Wildman–Crippen MR) is 120 cm³/mol. The van der Waals surface area contributed by atoms with E-state index in [0.717, 1.165) is 5.69 Å². The van der Waals surface area contributed by atoms with Gasteiger partial charge in [-0.3, -0.25) is 14.7 Å². The molecule has 30 heavy (non-hydrogen) atoms. The molecule has 0 saturated heterocycles. The van der Waals surface area contributed by atoms with Crippen LogP contribution in [0.5, 0.6) is 0 Å². The highest BCUT2D eigenvalue weighted by molar-refractivity contribution is 6.01. The molecule has 7 nitrogen and oxygen atoms in total. The van der Waals surface area contributed by atoms with E-state index < -0.39 is 5.91 Å². The zero-order valence-electron chi connectivity index (χ0n) is 17.9. The second-order valence-corrected chi connectivity index (χ2v) is 8.31. The topological polar surface area (TPSA) is 105 Å². The number of aromatic nitrogens is 2. The van der Waals surface area contributed by atoms with Crippen LogP contribution in [0.3, 0.4) is 0 Å². The summed E-state index contributed by atoms with van der Waals surface area (Å²) in [7, 11) is 0. The van der Waals surface area contributed by atoms with Crippen molar-refractivity contribution in [1.29, 1.82) is 0 Å². The number of aromatic amines is 1. The number of nitrogens with zero attached hydrogens (tertiary/aromatic N) is 2. The number of amides is 1. The number of hydrazone groups is 1. The van der Waals surface area contributed by atoms with Crippen molar-refractivity contribution < 1.29 is 4.79 Å². The molecule has 4 N–H and O–H groups in total. The van der Waals surface area contributed by atoms with Crippen LogP contribution in [0.4, 0.5) is 5.69 Å². The SMILES string of the molecule is CC(=NNC(=O)c1cccc(N)c1)c1c(C)[nH]n(-c2ccc(C(C)(C)C)cc2)c1=O. The highest BCUT2D eigenvalue weighted by Gasteiger charge is 2.17. The molecule has 0 radical (unpaired) electrons. The van der Waals surface area contributed by atoms with Gasteiger partial charge in [0.05, 0.1) is 17.0 Å². The van der Waals surface area contributed by atoms with E-state index in [9.17, 15) is 9.59 Å². The fraction of sp³-hybridized carbons (Fsp3) is 0.261. The predicted octanol–water partition coefficient (Wildman–Crippen LogP) is 3.51. The Balaban J connectivity index is 1.87. The molecule has 156 valence electrons. The summed E-state index contributed by atoms with van der Waals surface area (Å²) in [5, 5.41) is 7.21. The van der Waals surface area contributed by atoms with Gasteiger partial charge in [-0.25, -0.2) is 10.1 Å². The number of hydrogen-bond acceptors (Lipinski definition) is 4. The summed E-state index contributed by atoms with van der Waals surface area (Å²) in [6.45, 7) is 9.91. The van der Waals surface area contributed by atoms with Gasteiger partial charge in [0.2, 0.25) is 0 Å². The maximum absolute atomic E-state index is 13.0. The van der Waals surface area contributed by atoms with Crippen molar-refractivity contribution in [3.63, 3.8) is 0 Å². The van der Waals surface area contributed by atoms with Gasteiger partial charge in [0.15, 0.2) is 0 Å². The van der Waals surface area contributed by atoms with Gasteiger partial charge in [-0.2, -0.15) is 5.10 Å². The number of nitrogens with two attached hydrogens (primary N) is 1. The lowest BCUT2D eigenvalue weighted by atomic mass is 9.87. The van der Waals surface area contributed by atoms with Crippen LogP contribution in [-0.2, 0) is 5.41 Å². The summed E-state index contributed by atoms with van der Waals surface area (Å²) >= 11 is 0. The van der Waals surface area contributed by atoms with Gasteiger partial charge in [0.1, 0.15) is 0 Å². The minimum atomic E-state index is -0.395. The van der Waals surface area contributed by atoms with Crippen LogP contribution in [0.25, 0.3) is 5.69 Å². The van der Waals surface area contributed by atoms with Gasteiger partial charge in [0.25, 0.3) is 11.5 Å². The number of nitrogen functional groups attached to an aromatic ring is 1. The fourth-order valence-corrected chi connectivity index (χ4v) is 3.20. The third kappa shape index (κ3) is 4.35. The van der Waals surface area contributed by atoms with Crippen molar-refractivity contribution >= 4 is 17.3 Å². The van der Waals surface area contributed by atoms with E-state index in [2.05, 4.69) is 36.4 Å². The lowest BCUT2D eigenvalue weighted by Gasteiger charge is -2.19. The molecular weight excluding hydrogens is 378 g/mol. The Morgan fingerprint density at radius 2 is 1.80 bits per heavy atom. The molecule has 7 heteroatoms. The molecule has 0 aliphatic rings. The molecule has 0 saturated carbocycles. The summed E-state index contributed by atoms with van der Waals surface area (Å²) in [6, 6.07) is 14.5. The van der Waals surface area contributed by atoms with Crippen molar-refractivity contribution in [3.05, 3.63) is 81.3 Å². The molecule has 0 atom stereocenters. The molecule has 2 aromatic carbocycles. The quantitative estimate of drug-likeness (QED) is 0.351. The molecule has 1 heterocycles. The number of hydrogen-bond donors (Lipinski definition) is 3. The lowest BCUT2D eigenvalue weighted by molar-refractivity contribution is 0.0955. The summed E-state index contributed by atoms with van der Waals surface area (Å²) in [5.41, 5.74) is 12.3. The number of carbonyl (C=O) groups excluding carboxylic acids is 1. The van der Waals surface area contributed by atoms with Gasteiger partial charge in [0, 0.05) is 16.9 Å². The largest absolute Gasteiger partial charge is 0.399 e. The molecule has 0 aliphatic heterocycles. The average molecular weight is 406 g/mol. The average Bonchev–Trinajstić information content (AvgIpc) is 2.99. The number of H-pyrrole nitrogens is 1. The van der Waals surface area contributed by atoms with E-state index in [1.165, 1.54) is 10.2 Å². The molecule has 0 fully saturated rings. The molecule has 0 unspecified atom stereocenters. The van der Waals surface area contributed by atoms with Gasteiger partial charge in [-0.1, -0.05) is 39.0 Å². The summed E-state index contributed by atoms with van der Waals surface area (Å²) in [4.78, 5) is 25.3. The van der Waals surface area contributed by atoms with Crippen LogP contribution in [0.1, 0.15) is 54.9 Å². The second-order valence-electron chi connectivity index (χ2n) is 8.31. The first-order valence-electron chi connectivity index (χ1n) is 9.71. The smallest absolute Gasteiger partial charge is 0.280 e. The standard InChI is InChI=1S/C23H27N5O2/c1-14(25-26-21(29)16-7-6-8-18(24)13-16)20-15(2)27-28(22(20)30)19-11-9-17(10-12-19)23(3,4)5/h6-13,27H,24H2,1-5H3,(H,26,29). The number of rotatable bonds is 4. The Morgan fingerprint density at radius 1 is 1.13 bits per heavy atom. The van der Waals surface area contributed by atoms with Gasteiger partial charge in [-0.15, -0.1) is 0 Å². The summed E-state index contributed by atoms with van der Waals surface area (Å²) in [5.74, 6) is -0.395. The first kappa shape index (κ1) is 21.1. The molecule has 0 bridgehead atoms. The van der Waals surface area contributed by atoms with Crippen molar-refractivity contribution in [1.82, 2.24) is 15.2 Å². The highest BCUT2D eigenvalue weighted by Crippen LogP contribution is 2.23. The molecule has 0 spiro atoms. The molecule has 1 amide bonds. The monoisotopic (exact) mass is 405 g/mol. The number of aryl methyl sites for hydroxylation is 1. The normalized spacial score (nSPS) is 12.1. The minimum Gasteiger partial charge on any atom is -0.399 e. The molecule has 3 aromatic rings. The second kappa shape index (κ2) is 8.02. The minimum absolute atomic E-state index is 0.0329. The van der Waals surface area contributed by atoms with Crippen LogP contribution in [0.15, 0.2) is 58.4 Å². The Labute approximate surface area is 175 Å². The van der Waals surface area contributed by atoms with Crippen molar-refractivity contribution in [2.75, 3.05) is 5.73 Å². The van der Waals surface area contributed by atoms with Crippen LogP contribution in [0.2, 0.25) is 0 Å². The Bertz CT molecular complexity index is 1160. The van der Waals surface area contributed by atoms with Crippen molar-refractivity contribution in [2.24, 2.45) is 5.10 Å². The molecule has 0 aliphatic carbocycles. The lowest BCUT2D eigenvalue weighted by Crippen LogP contribution is -2.23.